The number of hydrogen-bond donors (Lipinski definition) is 2. The topological polar surface area (TPSA) is 110 Å². The number of carbonyl (C=O) groups is 1. The SMILES string of the molecule is CCc1cc(CCC2(C3CCCC3)CC(O)=C(Cc3nc4ncc(Cl)cn4n3)C(=O)O2)c(C)cc1O. The Labute approximate surface area is 215 Å². The summed E-state index contributed by atoms with van der Waals surface area (Å²) in [7, 11) is 0. The first-order chi connectivity index (χ1) is 17.3. The highest BCUT2D eigenvalue weighted by Crippen LogP contribution is 2.46. The van der Waals surface area contributed by atoms with Crippen molar-refractivity contribution < 1.29 is 19.7 Å². The highest BCUT2D eigenvalue weighted by atomic mass is 35.5. The molecule has 3 heterocycles. The number of fused-ring (bicyclic) bond motifs is 1. The van der Waals surface area contributed by atoms with Crippen molar-refractivity contribution in [2.45, 2.75) is 77.2 Å². The Morgan fingerprint density at radius 2 is 2.00 bits per heavy atom. The Kier molecular flexibility index (Phi) is 6.64. The van der Waals surface area contributed by atoms with E-state index >= 15 is 0 Å². The van der Waals surface area contributed by atoms with Crippen LogP contribution in [0.2, 0.25) is 5.02 Å². The van der Waals surface area contributed by atoms with Crippen LogP contribution in [0.1, 0.15) is 68.0 Å². The monoisotopic (exact) mass is 510 g/mol. The quantitative estimate of drug-likeness (QED) is 0.419. The van der Waals surface area contributed by atoms with Crippen molar-refractivity contribution in [1.82, 2.24) is 19.6 Å². The van der Waals surface area contributed by atoms with Gasteiger partial charge in [0.25, 0.3) is 5.78 Å². The van der Waals surface area contributed by atoms with Gasteiger partial charge < -0.3 is 14.9 Å². The number of rotatable bonds is 7. The second kappa shape index (κ2) is 9.73. The molecule has 1 aromatic carbocycles. The van der Waals surface area contributed by atoms with E-state index in [1.165, 1.54) is 10.7 Å². The maximum absolute atomic E-state index is 13.3. The first kappa shape index (κ1) is 24.6. The van der Waals surface area contributed by atoms with Gasteiger partial charge in [0.15, 0.2) is 5.82 Å². The Morgan fingerprint density at radius 1 is 1.22 bits per heavy atom. The number of phenolic OH excluding ortho intramolecular Hbond substituents is 1. The zero-order valence-electron chi connectivity index (χ0n) is 20.6. The van der Waals surface area contributed by atoms with Gasteiger partial charge >= 0.3 is 5.97 Å². The van der Waals surface area contributed by atoms with Crippen LogP contribution in [-0.2, 0) is 28.8 Å². The third kappa shape index (κ3) is 4.66. The summed E-state index contributed by atoms with van der Waals surface area (Å²) < 4.78 is 7.70. The number of esters is 1. The molecule has 2 aromatic heterocycles. The van der Waals surface area contributed by atoms with E-state index in [9.17, 15) is 15.0 Å². The minimum atomic E-state index is -0.751. The molecule has 3 aromatic rings. The fourth-order valence-electron chi connectivity index (χ4n) is 5.71. The van der Waals surface area contributed by atoms with Crippen molar-refractivity contribution in [2.75, 3.05) is 0 Å². The number of aliphatic hydroxyl groups excluding tert-OH is 1. The smallest absolute Gasteiger partial charge is 0.338 e. The third-order valence-electron chi connectivity index (χ3n) is 7.73. The second-order valence-electron chi connectivity index (χ2n) is 10.0. The van der Waals surface area contributed by atoms with Gasteiger partial charge in [-0.15, -0.1) is 5.10 Å². The highest BCUT2D eigenvalue weighted by Gasteiger charge is 2.48. The van der Waals surface area contributed by atoms with Crippen molar-refractivity contribution >= 4 is 23.3 Å². The van der Waals surface area contributed by atoms with Crippen LogP contribution in [0.3, 0.4) is 0 Å². The second-order valence-corrected chi connectivity index (χ2v) is 10.5. The van der Waals surface area contributed by atoms with Crippen LogP contribution in [0.5, 0.6) is 5.75 Å². The van der Waals surface area contributed by atoms with Crippen LogP contribution >= 0.6 is 11.6 Å². The number of ether oxygens (including phenoxy) is 1. The van der Waals surface area contributed by atoms with E-state index in [-0.39, 0.29) is 30.1 Å². The summed E-state index contributed by atoms with van der Waals surface area (Å²) in [6, 6.07) is 3.86. The summed E-state index contributed by atoms with van der Waals surface area (Å²) in [6.45, 7) is 4.01. The molecule has 190 valence electrons. The standard InChI is InChI=1S/C27H31ClN4O4/c1-3-17-11-18(16(2)10-22(17)33)8-9-27(19-6-4-5-7-19)13-23(34)21(25(35)36-27)12-24-30-26-29-14-20(28)15-32(26)31-24/h10-11,14-15,19,33-34H,3-9,12-13H2,1-2H3. The largest absolute Gasteiger partial charge is 0.512 e. The predicted octanol–water partition coefficient (Wildman–Crippen LogP) is 5.22. The van der Waals surface area contributed by atoms with Crippen molar-refractivity contribution in [3.05, 3.63) is 63.4 Å². The summed E-state index contributed by atoms with van der Waals surface area (Å²) in [5.41, 5.74) is 2.50. The Morgan fingerprint density at radius 3 is 2.72 bits per heavy atom. The lowest BCUT2D eigenvalue weighted by Gasteiger charge is -2.42. The minimum Gasteiger partial charge on any atom is -0.512 e. The molecule has 1 atom stereocenters. The van der Waals surface area contributed by atoms with Crippen molar-refractivity contribution in [3.8, 4) is 5.75 Å². The lowest BCUT2D eigenvalue weighted by atomic mass is 9.76. The third-order valence-corrected chi connectivity index (χ3v) is 7.93. The van der Waals surface area contributed by atoms with Crippen LogP contribution in [0.25, 0.3) is 5.78 Å². The predicted molar refractivity (Wildman–Crippen MR) is 135 cm³/mol. The van der Waals surface area contributed by atoms with E-state index < -0.39 is 11.6 Å². The van der Waals surface area contributed by atoms with Crippen molar-refractivity contribution in [3.63, 3.8) is 0 Å². The average Bonchev–Trinajstić information content (AvgIpc) is 3.51. The van der Waals surface area contributed by atoms with E-state index in [4.69, 9.17) is 16.3 Å². The number of carbonyl (C=O) groups excluding carboxylic acids is 1. The molecule has 5 rings (SSSR count). The number of halogens is 1. The van der Waals surface area contributed by atoms with Gasteiger partial charge in [-0.3, -0.25) is 0 Å². The molecule has 0 amide bonds. The fraction of sp³-hybridized carbons (Fsp3) is 0.481. The maximum atomic E-state index is 13.3. The molecule has 2 N–H and O–H groups in total. The summed E-state index contributed by atoms with van der Waals surface area (Å²) in [4.78, 5) is 21.8. The Hall–Kier alpha value is -3.13. The molecule has 1 unspecified atom stereocenters. The fourth-order valence-corrected chi connectivity index (χ4v) is 5.85. The lowest BCUT2D eigenvalue weighted by molar-refractivity contribution is -0.167. The normalized spacial score (nSPS) is 20.9. The van der Waals surface area contributed by atoms with Crippen LogP contribution in [0.4, 0.5) is 0 Å². The van der Waals surface area contributed by atoms with Gasteiger partial charge in [-0.25, -0.2) is 14.3 Å². The number of aryl methyl sites for hydroxylation is 3. The number of aromatic nitrogens is 4. The first-order valence-electron chi connectivity index (χ1n) is 12.6. The molecular formula is C27H31ClN4O4. The number of aliphatic hydroxyl groups is 1. The molecule has 1 saturated carbocycles. The number of hydrogen-bond acceptors (Lipinski definition) is 7. The molecule has 1 aliphatic carbocycles. The van der Waals surface area contributed by atoms with Gasteiger partial charge in [-0.1, -0.05) is 37.4 Å². The Balaban J connectivity index is 1.41. The van der Waals surface area contributed by atoms with Gasteiger partial charge in [-0.05, 0) is 67.7 Å². The van der Waals surface area contributed by atoms with Crippen LogP contribution in [0.15, 0.2) is 35.9 Å². The first-order valence-corrected chi connectivity index (χ1v) is 13.0. The summed E-state index contributed by atoms with van der Waals surface area (Å²) >= 11 is 5.98. The summed E-state index contributed by atoms with van der Waals surface area (Å²) in [5.74, 6) is 0.800. The Bertz CT molecular complexity index is 1350. The average molecular weight is 511 g/mol. The van der Waals surface area contributed by atoms with Crippen molar-refractivity contribution in [1.29, 1.82) is 0 Å². The zero-order chi connectivity index (χ0) is 25.4. The molecule has 9 heteroatoms. The van der Waals surface area contributed by atoms with Gasteiger partial charge in [-0.2, -0.15) is 4.98 Å². The van der Waals surface area contributed by atoms with E-state index in [1.54, 1.807) is 6.20 Å². The van der Waals surface area contributed by atoms with E-state index in [0.717, 1.165) is 48.8 Å². The molecular weight excluding hydrogens is 480 g/mol. The van der Waals surface area contributed by atoms with Gasteiger partial charge in [0.05, 0.1) is 23.0 Å². The van der Waals surface area contributed by atoms with Gasteiger partial charge in [0.2, 0.25) is 0 Å². The highest BCUT2D eigenvalue weighted by molar-refractivity contribution is 6.30. The molecule has 0 radical (unpaired) electrons. The molecule has 0 saturated heterocycles. The zero-order valence-corrected chi connectivity index (χ0v) is 21.4. The van der Waals surface area contributed by atoms with E-state index in [1.807, 2.05) is 26.0 Å². The minimum absolute atomic E-state index is 0.0553. The van der Waals surface area contributed by atoms with Crippen LogP contribution in [0, 0.1) is 12.8 Å². The molecule has 0 bridgehead atoms. The molecule has 1 aliphatic heterocycles. The number of benzene rings is 1. The number of phenols is 1. The number of aromatic hydroxyl groups is 1. The maximum Gasteiger partial charge on any atom is 0.338 e. The molecule has 0 spiro atoms. The number of nitrogens with zero attached hydrogens (tertiary/aromatic N) is 4. The van der Waals surface area contributed by atoms with E-state index in [0.29, 0.717) is 35.2 Å². The molecule has 2 aliphatic rings. The summed E-state index contributed by atoms with van der Waals surface area (Å²) in [6.07, 6.45) is 9.63. The molecule has 36 heavy (non-hydrogen) atoms. The van der Waals surface area contributed by atoms with Crippen LogP contribution < -0.4 is 0 Å². The molecule has 1 fully saturated rings. The van der Waals surface area contributed by atoms with E-state index in [2.05, 4.69) is 15.1 Å². The molecule has 8 nitrogen and oxygen atoms in total. The lowest BCUT2D eigenvalue weighted by Crippen LogP contribution is -2.46. The summed E-state index contributed by atoms with van der Waals surface area (Å²) in [5, 5.41) is 26.1. The number of cyclic esters (lactones) is 1. The van der Waals surface area contributed by atoms with Crippen LogP contribution in [-0.4, -0.2) is 41.4 Å². The van der Waals surface area contributed by atoms with Gasteiger partial charge in [0, 0.05) is 12.8 Å². The van der Waals surface area contributed by atoms with Crippen molar-refractivity contribution in [2.24, 2.45) is 5.92 Å². The van der Waals surface area contributed by atoms with Gasteiger partial charge in [0.1, 0.15) is 17.1 Å².